The molecule has 1 rings (SSSR count). The zero-order chi connectivity index (χ0) is 15.8. The molecule has 2 atom stereocenters. The van der Waals surface area contributed by atoms with Gasteiger partial charge in [0.05, 0.1) is 18.0 Å². The first-order valence-electron chi connectivity index (χ1n) is 6.22. The number of halogens is 1. The molecule has 10 nitrogen and oxygen atoms in total. The van der Waals surface area contributed by atoms with Crippen molar-refractivity contribution >= 4 is 36.0 Å². The van der Waals surface area contributed by atoms with Gasteiger partial charge in [0, 0.05) is 12.3 Å². The molecule has 124 valence electrons. The van der Waals surface area contributed by atoms with E-state index in [1.165, 1.54) is 16.7 Å². The molecule has 5 N–H and O–H groups in total. The number of nitrogens with two attached hydrogens (primary N) is 1. The Balaban J connectivity index is 0.00000441. The van der Waals surface area contributed by atoms with Gasteiger partial charge in [0.15, 0.2) is 5.03 Å². The second kappa shape index (κ2) is 10.0. The van der Waals surface area contributed by atoms with Gasteiger partial charge < -0.3 is 16.0 Å². The molecule has 1 aliphatic heterocycles. The summed E-state index contributed by atoms with van der Waals surface area (Å²) in [5.41, 5.74) is 7.46. The number of hydrazine groups is 1. The molecule has 12 heteroatoms. The Morgan fingerprint density at radius 2 is 2.36 bits per heavy atom. The first-order valence-corrected chi connectivity index (χ1v) is 7.38. The van der Waals surface area contributed by atoms with Crippen molar-refractivity contribution in [2.75, 3.05) is 18.2 Å². The van der Waals surface area contributed by atoms with Crippen molar-refractivity contribution < 1.29 is 9.83 Å². The van der Waals surface area contributed by atoms with E-state index < -0.39 is 23.1 Å². The SMILES string of the molecule is Cl.N#C[C@@H]1CSCN1C(=O)[C@@H](N)CCCNC(=N)N[N+](=O)[O-]. The van der Waals surface area contributed by atoms with E-state index in [1.54, 1.807) is 5.43 Å². The molecular formula is C10H18ClN7O3S. The van der Waals surface area contributed by atoms with E-state index >= 15 is 0 Å². The van der Waals surface area contributed by atoms with E-state index in [0.717, 1.165) is 0 Å². The molecule has 0 bridgehead atoms. The lowest BCUT2D eigenvalue weighted by molar-refractivity contribution is -0.525. The highest BCUT2D eigenvalue weighted by atomic mass is 35.5. The van der Waals surface area contributed by atoms with Crippen molar-refractivity contribution in [2.45, 2.75) is 24.9 Å². The summed E-state index contributed by atoms with van der Waals surface area (Å²) >= 11 is 1.51. The van der Waals surface area contributed by atoms with Crippen LogP contribution in [0.4, 0.5) is 0 Å². The first kappa shape index (κ1) is 20.2. The standard InChI is InChI=1S/C10H17N7O3S.ClH/c11-4-7-5-21-6-16(7)9(18)8(12)2-1-3-14-10(13)15-17(19)20;/h7-8H,1-3,5-6,12H2,(H3,13,14,15);1H/t7-,8+;/m1./s1. The van der Waals surface area contributed by atoms with Crippen molar-refractivity contribution in [3.05, 3.63) is 10.1 Å². The molecule has 0 aromatic rings. The summed E-state index contributed by atoms with van der Waals surface area (Å²) in [5, 5.41) is 27.8. The maximum Gasteiger partial charge on any atom is 0.251 e. The fourth-order valence-corrected chi connectivity index (χ4v) is 2.86. The van der Waals surface area contributed by atoms with E-state index in [2.05, 4.69) is 11.4 Å². The maximum atomic E-state index is 12.1. The predicted octanol–water partition coefficient (Wildman–Crippen LogP) is -0.754. The third-order valence-electron chi connectivity index (χ3n) is 2.83. The van der Waals surface area contributed by atoms with Crippen LogP contribution >= 0.6 is 24.2 Å². The van der Waals surface area contributed by atoms with Crippen LogP contribution in [0.1, 0.15) is 12.8 Å². The highest BCUT2D eigenvalue weighted by molar-refractivity contribution is 7.99. The topological polar surface area (TPSA) is 161 Å². The van der Waals surface area contributed by atoms with Crippen molar-refractivity contribution in [1.29, 1.82) is 10.7 Å². The second-order valence-corrected chi connectivity index (χ2v) is 5.37. The molecule has 0 aromatic heterocycles. The number of carbonyl (C=O) groups excluding carboxylic acids is 1. The number of nitro groups is 1. The molecule has 22 heavy (non-hydrogen) atoms. The highest BCUT2D eigenvalue weighted by Crippen LogP contribution is 2.21. The number of amides is 1. The fraction of sp³-hybridized carbons (Fsp3) is 0.700. The lowest BCUT2D eigenvalue weighted by Crippen LogP contribution is -2.46. The zero-order valence-corrected chi connectivity index (χ0v) is 13.3. The number of hydrogen-bond donors (Lipinski definition) is 4. The van der Waals surface area contributed by atoms with Crippen LogP contribution in [0.15, 0.2) is 0 Å². The molecule has 0 spiro atoms. The Morgan fingerprint density at radius 1 is 1.68 bits per heavy atom. The summed E-state index contributed by atoms with van der Waals surface area (Å²) in [6.45, 7) is 0.289. The number of nitrogens with zero attached hydrogens (tertiary/aromatic N) is 3. The average molecular weight is 352 g/mol. The molecule has 1 heterocycles. The number of nitriles is 1. The van der Waals surface area contributed by atoms with E-state index in [4.69, 9.17) is 16.4 Å². The van der Waals surface area contributed by atoms with Crippen molar-refractivity contribution in [3.63, 3.8) is 0 Å². The van der Waals surface area contributed by atoms with Gasteiger partial charge in [-0.3, -0.25) is 10.2 Å². The molecule has 0 radical (unpaired) electrons. The summed E-state index contributed by atoms with van der Waals surface area (Å²) in [5.74, 6) is 0.395. The van der Waals surface area contributed by atoms with Crippen LogP contribution in [-0.4, -0.2) is 52.1 Å². The monoisotopic (exact) mass is 351 g/mol. The summed E-state index contributed by atoms with van der Waals surface area (Å²) in [4.78, 5) is 23.6. The lowest BCUT2D eigenvalue weighted by atomic mass is 10.1. The Bertz CT molecular complexity index is 458. The maximum absolute atomic E-state index is 12.1. The quantitative estimate of drug-likeness (QED) is 0.160. The zero-order valence-electron chi connectivity index (χ0n) is 11.7. The second-order valence-electron chi connectivity index (χ2n) is 4.37. The van der Waals surface area contributed by atoms with Crippen LogP contribution in [0.3, 0.4) is 0 Å². The molecule has 1 amide bonds. The summed E-state index contributed by atoms with van der Waals surface area (Å²) in [6, 6.07) is 0.930. The van der Waals surface area contributed by atoms with Gasteiger partial charge in [0.1, 0.15) is 6.04 Å². The van der Waals surface area contributed by atoms with Gasteiger partial charge in [-0.1, -0.05) is 5.43 Å². The molecule has 1 aliphatic rings. The molecule has 0 saturated carbocycles. The molecule has 0 aromatic carbocycles. The highest BCUT2D eigenvalue weighted by Gasteiger charge is 2.31. The van der Waals surface area contributed by atoms with Crippen LogP contribution < -0.4 is 16.5 Å². The summed E-state index contributed by atoms with van der Waals surface area (Å²) in [6.07, 6.45) is 0.851. The Labute approximate surface area is 137 Å². The Hall–Kier alpha value is -1.77. The number of thioether (sulfide) groups is 1. The van der Waals surface area contributed by atoms with Crippen LogP contribution in [0.5, 0.6) is 0 Å². The normalized spacial score (nSPS) is 17.8. The van der Waals surface area contributed by atoms with Crippen LogP contribution in [-0.2, 0) is 4.79 Å². The predicted molar refractivity (Wildman–Crippen MR) is 83.9 cm³/mol. The van der Waals surface area contributed by atoms with Gasteiger partial charge in [0.25, 0.3) is 5.96 Å². The summed E-state index contributed by atoms with van der Waals surface area (Å²) in [7, 11) is 0. The van der Waals surface area contributed by atoms with Gasteiger partial charge in [-0.15, -0.1) is 24.2 Å². The third kappa shape index (κ3) is 6.33. The van der Waals surface area contributed by atoms with Crippen molar-refractivity contribution in [2.24, 2.45) is 5.73 Å². The molecule has 0 unspecified atom stereocenters. The van der Waals surface area contributed by atoms with Gasteiger partial charge in [-0.2, -0.15) is 5.26 Å². The van der Waals surface area contributed by atoms with Gasteiger partial charge in [-0.05, 0) is 12.8 Å². The van der Waals surface area contributed by atoms with E-state index in [1.807, 2.05) is 0 Å². The van der Waals surface area contributed by atoms with Gasteiger partial charge in [0.2, 0.25) is 5.91 Å². The van der Waals surface area contributed by atoms with E-state index in [0.29, 0.717) is 24.5 Å². The molecule has 0 aliphatic carbocycles. The largest absolute Gasteiger partial charge is 0.352 e. The van der Waals surface area contributed by atoms with E-state index in [-0.39, 0.29) is 24.9 Å². The average Bonchev–Trinajstić information content (AvgIpc) is 2.90. The van der Waals surface area contributed by atoms with E-state index in [9.17, 15) is 14.9 Å². The number of rotatable bonds is 6. The molecule has 1 fully saturated rings. The number of carbonyl (C=O) groups is 1. The number of hydrogen-bond acceptors (Lipinski definition) is 7. The van der Waals surface area contributed by atoms with Crippen LogP contribution in [0.25, 0.3) is 0 Å². The minimum atomic E-state index is -0.836. The Morgan fingerprint density at radius 3 is 2.95 bits per heavy atom. The van der Waals surface area contributed by atoms with Crippen molar-refractivity contribution in [1.82, 2.24) is 15.6 Å². The fourth-order valence-electron chi connectivity index (χ4n) is 1.77. The molecule has 1 saturated heterocycles. The third-order valence-corrected chi connectivity index (χ3v) is 3.84. The minimum absolute atomic E-state index is 0. The van der Waals surface area contributed by atoms with Crippen molar-refractivity contribution in [3.8, 4) is 6.07 Å². The van der Waals surface area contributed by atoms with Crippen LogP contribution in [0, 0.1) is 26.9 Å². The number of nitrogens with one attached hydrogen (secondary N) is 3. The van der Waals surface area contributed by atoms with Crippen LogP contribution in [0.2, 0.25) is 0 Å². The lowest BCUT2D eigenvalue weighted by Gasteiger charge is -2.22. The molecular weight excluding hydrogens is 334 g/mol. The first-order chi connectivity index (χ1) is 9.95. The smallest absolute Gasteiger partial charge is 0.251 e. The van der Waals surface area contributed by atoms with Gasteiger partial charge >= 0.3 is 0 Å². The Kier molecular flexibility index (Phi) is 9.23. The van der Waals surface area contributed by atoms with Gasteiger partial charge in [-0.25, -0.2) is 10.1 Å². The number of guanidine groups is 1. The summed E-state index contributed by atoms with van der Waals surface area (Å²) < 4.78 is 0. The minimum Gasteiger partial charge on any atom is -0.352 e.